The first kappa shape index (κ1) is 17.3. The summed E-state index contributed by atoms with van der Waals surface area (Å²) in [5, 5.41) is 18.5. The van der Waals surface area contributed by atoms with Crippen LogP contribution in [0.4, 0.5) is 0 Å². The first-order valence-electron chi connectivity index (χ1n) is 1.28. The van der Waals surface area contributed by atoms with Gasteiger partial charge in [0.15, 0.2) is 0 Å². The number of rotatable bonds is 1. The van der Waals surface area contributed by atoms with Gasteiger partial charge in [0, 0.05) is 0 Å². The summed E-state index contributed by atoms with van der Waals surface area (Å²) in [5.74, 6) is 0. The van der Waals surface area contributed by atoms with Crippen LogP contribution in [0.25, 0.3) is 0 Å². The van der Waals surface area contributed by atoms with Crippen LogP contribution in [0.15, 0.2) is 5.28 Å². The van der Waals surface area contributed by atoms with E-state index in [9.17, 15) is 13.6 Å². The van der Waals surface area contributed by atoms with Gasteiger partial charge in [-0.15, -0.1) is 8.42 Å². The summed E-state index contributed by atoms with van der Waals surface area (Å²) in [7, 11) is -4.89. The minimum atomic E-state index is -4.89. The van der Waals surface area contributed by atoms with Crippen LogP contribution in [0.2, 0.25) is 0 Å². The predicted octanol–water partition coefficient (Wildman–Crippen LogP) is -6.63. The van der Waals surface area contributed by atoms with Crippen molar-refractivity contribution in [3.63, 3.8) is 0 Å². The van der Waals surface area contributed by atoms with Crippen LogP contribution in [0.5, 0.6) is 0 Å². The number of hydrogen-bond donors (Lipinski definition) is 2. The molecule has 0 aliphatic heterocycles. The molecule has 0 bridgehead atoms. The van der Waals surface area contributed by atoms with Crippen molar-refractivity contribution in [2.75, 3.05) is 0 Å². The summed E-state index contributed by atoms with van der Waals surface area (Å²) < 4.78 is 25.3. The molecule has 7 nitrogen and oxygen atoms in total. The molecule has 0 aromatic rings. The molecule has 0 unspecified atom stereocenters. The minimum absolute atomic E-state index is 0. The molecule has 10 heteroatoms. The van der Waals surface area contributed by atoms with Crippen molar-refractivity contribution < 1.29 is 84.4 Å². The monoisotopic (exact) mass is 190 g/mol. The number of hydrogen-bond acceptors (Lipinski definition) is 4. The Balaban J connectivity index is -0.0000000408. The Labute approximate surface area is 104 Å². The SMILES string of the molecule is O=S(=O)(O)[N+]([O-])=NO.[H-].[H-].[Na+].[Na+]. The molecule has 0 amide bonds. The summed E-state index contributed by atoms with van der Waals surface area (Å²) in [6.07, 6.45) is 0. The molecule has 10 heavy (non-hydrogen) atoms. The minimum Gasteiger partial charge on any atom is -1.00 e. The normalized spacial score (nSPS) is 11.1. The number of nitrogens with zero attached hydrogens (tertiary/aromatic N) is 2. The van der Waals surface area contributed by atoms with E-state index in [4.69, 9.17) is 9.76 Å². The van der Waals surface area contributed by atoms with E-state index >= 15 is 0 Å². The van der Waals surface area contributed by atoms with Crippen molar-refractivity contribution >= 4 is 10.3 Å². The molecule has 0 heterocycles. The molecule has 0 atom stereocenters. The topological polar surface area (TPSA) is 113 Å². The molecule has 0 spiro atoms. The average molecular weight is 190 g/mol. The van der Waals surface area contributed by atoms with Crippen LogP contribution in [0, 0.1) is 5.21 Å². The first-order valence-corrected chi connectivity index (χ1v) is 2.68. The van der Waals surface area contributed by atoms with Gasteiger partial charge in [0.25, 0.3) is 0 Å². The molecule has 0 aromatic heterocycles. The molecule has 0 rings (SSSR count). The van der Waals surface area contributed by atoms with Crippen molar-refractivity contribution in [1.82, 2.24) is 0 Å². The zero-order chi connectivity index (χ0) is 6.78. The second kappa shape index (κ2) is 6.80. The van der Waals surface area contributed by atoms with Crippen molar-refractivity contribution in [3.05, 3.63) is 5.21 Å². The van der Waals surface area contributed by atoms with E-state index in [1.807, 2.05) is 0 Å². The molecular formula is H4N2Na2O5S. The van der Waals surface area contributed by atoms with Crippen LogP contribution >= 0.6 is 0 Å². The molecule has 0 saturated carbocycles. The molecule has 0 fully saturated rings. The average Bonchev–Trinajstić information content (AvgIpc) is 1.62. The second-order valence-corrected chi connectivity index (χ2v) is 1.98. The smallest absolute Gasteiger partial charge is 1.00 e. The summed E-state index contributed by atoms with van der Waals surface area (Å²) in [6.45, 7) is 0. The van der Waals surface area contributed by atoms with Gasteiger partial charge in [-0.1, -0.05) is 0 Å². The molecule has 0 aromatic carbocycles. The fraction of sp³-hybridized carbons (Fsp3) is 0. The predicted molar refractivity (Wildman–Crippen MR) is 21.6 cm³/mol. The van der Waals surface area contributed by atoms with Gasteiger partial charge < -0.3 is 13.3 Å². The Hall–Kier alpha value is 1.11. The fourth-order valence-electron chi connectivity index (χ4n) is 0.0461. The van der Waals surface area contributed by atoms with Crippen LogP contribution < -0.4 is 59.1 Å². The van der Waals surface area contributed by atoms with E-state index < -0.39 is 14.6 Å². The first-order chi connectivity index (χ1) is 3.48. The van der Waals surface area contributed by atoms with Crippen LogP contribution in [-0.2, 0) is 10.3 Å². The van der Waals surface area contributed by atoms with Crippen LogP contribution in [0.3, 0.4) is 0 Å². The molecule has 52 valence electrons. The summed E-state index contributed by atoms with van der Waals surface area (Å²) in [5.41, 5.74) is 0. The quantitative estimate of drug-likeness (QED) is 0.140. The van der Waals surface area contributed by atoms with Gasteiger partial charge in [-0.2, -0.15) is 0 Å². The van der Waals surface area contributed by atoms with Crippen molar-refractivity contribution in [1.29, 1.82) is 0 Å². The Morgan fingerprint density at radius 2 is 1.80 bits per heavy atom. The van der Waals surface area contributed by atoms with E-state index in [1.165, 1.54) is 0 Å². The largest absolute Gasteiger partial charge is 1.00 e. The molecule has 2 N–H and O–H groups in total. The van der Waals surface area contributed by atoms with Crippen LogP contribution in [-0.4, -0.2) is 22.4 Å². The Kier molecular flexibility index (Phi) is 11.7. The molecule has 0 saturated heterocycles. The summed E-state index contributed by atoms with van der Waals surface area (Å²) in [6, 6.07) is 0. The maximum absolute atomic E-state index is 9.50. The third-order valence-corrected chi connectivity index (χ3v) is 0.738. The maximum atomic E-state index is 9.50. The van der Waals surface area contributed by atoms with Crippen molar-refractivity contribution in [2.45, 2.75) is 0 Å². The standard InChI is InChI=1S/H2N2O5S.2Na.2H/c3-1-2(4)8(5,6)7;;;;/h3H,(H,5,6,7);;;;/q;2*+1;2*-1. The molecule has 0 aliphatic carbocycles. The van der Waals surface area contributed by atoms with Crippen molar-refractivity contribution in [2.24, 2.45) is 5.28 Å². The van der Waals surface area contributed by atoms with Gasteiger partial charge in [-0.3, -0.25) is 0 Å². The van der Waals surface area contributed by atoms with E-state index in [-0.39, 0.29) is 62.0 Å². The Morgan fingerprint density at radius 3 is 1.80 bits per heavy atom. The Bertz CT molecular complexity index is 201. The maximum Gasteiger partial charge on any atom is 1.00 e. The van der Waals surface area contributed by atoms with Crippen molar-refractivity contribution in [3.8, 4) is 0 Å². The van der Waals surface area contributed by atoms with Gasteiger partial charge in [-0.25, -0.2) is 4.55 Å². The zero-order valence-electron chi connectivity index (χ0n) is 7.42. The zero-order valence-corrected chi connectivity index (χ0v) is 10.2. The molecule has 0 aliphatic rings. The van der Waals surface area contributed by atoms with E-state index in [0.29, 0.717) is 0 Å². The van der Waals surface area contributed by atoms with Gasteiger partial charge in [0.1, 0.15) is 0 Å². The third kappa shape index (κ3) is 7.22. The van der Waals surface area contributed by atoms with E-state index in [0.717, 1.165) is 0 Å². The Morgan fingerprint density at radius 1 is 1.50 bits per heavy atom. The van der Waals surface area contributed by atoms with Crippen LogP contribution in [0.1, 0.15) is 2.85 Å². The third-order valence-electron chi connectivity index (χ3n) is 0.270. The second-order valence-electron chi connectivity index (χ2n) is 0.775. The van der Waals surface area contributed by atoms with E-state index in [1.54, 1.807) is 5.28 Å². The molecule has 0 radical (unpaired) electrons. The van der Waals surface area contributed by atoms with Gasteiger partial charge in [0.05, 0.1) is 4.27 Å². The van der Waals surface area contributed by atoms with E-state index in [2.05, 4.69) is 0 Å². The fourth-order valence-corrected chi connectivity index (χ4v) is 0.138. The van der Waals surface area contributed by atoms with Gasteiger partial charge >= 0.3 is 69.4 Å². The van der Waals surface area contributed by atoms with Gasteiger partial charge in [0.2, 0.25) is 5.28 Å². The van der Waals surface area contributed by atoms with Gasteiger partial charge in [-0.05, 0) is 0 Å². The molecular weight excluding hydrogens is 186 g/mol. The summed E-state index contributed by atoms with van der Waals surface area (Å²) in [4.78, 5) is 0. The summed E-state index contributed by atoms with van der Waals surface area (Å²) >= 11 is 0.